The van der Waals surface area contributed by atoms with Crippen molar-refractivity contribution in [3.63, 3.8) is 0 Å². The monoisotopic (exact) mass is 879 g/mol. The van der Waals surface area contributed by atoms with Crippen LogP contribution >= 0.6 is 11.5 Å². The number of methoxy groups -OCH3 is 1. The largest absolute Gasteiger partial charge is 0.464 e. The van der Waals surface area contributed by atoms with Gasteiger partial charge in [0.25, 0.3) is 5.91 Å². The van der Waals surface area contributed by atoms with E-state index in [0.717, 1.165) is 50.5 Å². The summed E-state index contributed by atoms with van der Waals surface area (Å²) in [4.78, 5) is 82.0. The highest BCUT2D eigenvalue weighted by atomic mass is 32.1. The number of hydrazine groups is 1. The van der Waals surface area contributed by atoms with Crippen LogP contribution in [-0.4, -0.2) is 121 Å². The average molecular weight is 880 g/mol. The van der Waals surface area contributed by atoms with E-state index in [1.54, 1.807) is 23.1 Å². The Morgan fingerprint density at radius 1 is 1.13 bits per heavy atom. The van der Waals surface area contributed by atoms with Crippen LogP contribution in [0, 0.1) is 16.7 Å². The quantitative estimate of drug-likeness (QED) is 0.189. The lowest BCUT2D eigenvalue weighted by Gasteiger charge is -2.46. The first-order valence-corrected chi connectivity index (χ1v) is 22.5. The summed E-state index contributed by atoms with van der Waals surface area (Å²) in [5, 5.41) is 5.94. The molecular weight excluding hydrogens is 823 g/mol. The van der Waals surface area contributed by atoms with E-state index in [-0.39, 0.29) is 50.0 Å². The molecule has 3 fully saturated rings. The van der Waals surface area contributed by atoms with Gasteiger partial charge in [-0.2, -0.15) is 4.37 Å². The summed E-state index contributed by atoms with van der Waals surface area (Å²) in [6, 6.07) is 7.35. The van der Waals surface area contributed by atoms with Crippen molar-refractivity contribution >= 4 is 52.0 Å². The molecule has 2 N–H and O–H groups in total. The van der Waals surface area contributed by atoms with Gasteiger partial charge in [-0.05, 0) is 92.0 Å². The lowest BCUT2D eigenvalue weighted by atomic mass is 9.78. The second-order valence-corrected chi connectivity index (χ2v) is 19.4. The molecule has 6 bridgehead atoms. The molecule has 3 aromatic heterocycles. The van der Waals surface area contributed by atoms with Crippen molar-refractivity contribution in [1.29, 1.82) is 0 Å². The molecule has 334 valence electrons. The van der Waals surface area contributed by atoms with E-state index in [2.05, 4.69) is 53.9 Å². The van der Waals surface area contributed by atoms with E-state index in [9.17, 15) is 24.0 Å². The van der Waals surface area contributed by atoms with E-state index >= 15 is 0 Å². The zero-order valence-corrected chi connectivity index (χ0v) is 37.9. The number of esters is 1. The van der Waals surface area contributed by atoms with Crippen LogP contribution in [0.5, 0.6) is 0 Å². The van der Waals surface area contributed by atoms with E-state index in [1.165, 1.54) is 11.1 Å². The van der Waals surface area contributed by atoms with Crippen molar-refractivity contribution in [2.75, 3.05) is 39.9 Å². The number of fused-ring (bicyclic) bond motifs is 6. The SMILES string of the molecule is C=CC(=O)N1CC2(CCN([C@H](C(=O)N[C@H]3Cc4nc(ns4)-c4ccc5c(c4)c(c(-c4cccnc4[C@H](C)OC)n5C)CC(C)(C)COC(=O)[C@@H]4CCCN(N4)C3=O)C(C)C)C2=O)C1. The number of hydrogen-bond acceptors (Lipinski definition) is 12. The van der Waals surface area contributed by atoms with E-state index in [1.807, 2.05) is 40.0 Å². The molecule has 3 saturated heterocycles. The number of cyclic esters (lactones) is 1. The highest BCUT2D eigenvalue weighted by Crippen LogP contribution is 2.43. The number of rotatable bonds is 8. The minimum atomic E-state index is -1.11. The molecular formula is C46H57N9O7S. The molecule has 1 aromatic carbocycles. The van der Waals surface area contributed by atoms with Gasteiger partial charge in [-0.3, -0.25) is 34.0 Å². The van der Waals surface area contributed by atoms with E-state index in [4.69, 9.17) is 23.8 Å². The van der Waals surface area contributed by atoms with Crippen LogP contribution in [0.1, 0.15) is 76.3 Å². The minimum absolute atomic E-state index is 0.0233. The second-order valence-electron chi connectivity index (χ2n) is 18.6. The number of nitrogens with one attached hydrogen (secondary N) is 2. The molecule has 17 heteroatoms. The second kappa shape index (κ2) is 17.2. The van der Waals surface area contributed by atoms with Crippen molar-refractivity contribution in [2.45, 2.75) is 91.0 Å². The zero-order chi connectivity index (χ0) is 45.0. The first-order valence-electron chi connectivity index (χ1n) is 21.7. The van der Waals surface area contributed by atoms with E-state index < -0.39 is 46.7 Å². The Morgan fingerprint density at radius 2 is 1.90 bits per heavy atom. The number of aromatic nitrogens is 4. The number of pyridine rings is 1. The fourth-order valence-electron chi connectivity index (χ4n) is 9.70. The van der Waals surface area contributed by atoms with Gasteiger partial charge in [0.15, 0.2) is 5.82 Å². The summed E-state index contributed by atoms with van der Waals surface area (Å²) in [5.74, 6) is -1.58. The molecule has 4 aliphatic heterocycles. The molecule has 4 amide bonds. The van der Waals surface area contributed by atoms with Gasteiger partial charge in [-0.25, -0.2) is 10.4 Å². The number of amides is 4. The molecule has 0 radical (unpaired) electrons. The maximum atomic E-state index is 14.6. The summed E-state index contributed by atoms with van der Waals surface area (Å²) in [7, 11) is 3.71. The molecule has 8 rings (SSSR count). The van der Waals surface area contributed by atoms with Crippen LogP contribution < -0.4 is 10.7 Å². The van der Waals surface area contributed by atoms with Gasteiger partial charge in [0.1, 0.15) is 23.1 Å². The van der Waals surface area contributed by atoms with Crippen molar-refractivity contribution in [1.82, 2.24) is 44.5 Å². The van der Waals surface area contributed by atoms with Crippen molar-refractivity contribution < 1.29 is 33.4 Å². The van der Waals surface area contributed by atoms with Crippen LogP contribution in [0.4, 0.5) is 0 Å². The first kappa shape index (κ1) is 44.1. The molecule has 16 nitrogen and oxygen atoms in total. The van der Waals surface area contributed by atoms with E-state index in [0.29, 0.717) is 49.6 Å². The van der Waals surface area contributed by atoms with Crippen LogP contribution in [-0.2, 0) is 53.3 Å². The van der Waals surface area contributed by atoms with Gasteiger partial charge in [-0.1, -0.05) is 34.3 Å². The van der Waals surface area contributed by atoms with Gasteiger partial charge < -0.3 is 29.2 Å². The Hall–Kier alpha value is -5.52. The molecule has 0 unspecified atom stereocenters. The lowest BCUT2D eigenvalue weighted by molar-refractivity contribution is -0.156. The molecule has 1 spiro atoms. The molecule has 63 heavy (non-hydrogen) atoms. The number of aryl methyl sites for hydroxylation is 1. The summed E-state index contributed by atoms with van der Waals surface area (Å²) in [6.07, 6.45) is 4.83. The standard InChI is InChI=1S/C46H57N9O7S/c1-9-36(56)53-23-46(24-53)16-19-54(44(46)60)38(26(2)3)41(57)48-33-21-35-49-40(51-63-35)28-14-15-34-30(20-28)31(39(52(34)7)29-12-10-17-47-37(29)27(4)61-8)22-45(5,6)25-62-43(59)32-13-11-18-55(50-32)42(33)58/h9-10,12,14-15,17,20,26-27,32-33,38,50H,1,11,13,16,18-19,21-25H2,2-8H3,(H,48,57)/t27-,32-,33-,38-/m0/s1. The smallest absolute Gasteiger partial charge is 0.324 e. The topological polar surface area (TPSA) is 181 Å². The molecule has 0 saturated carbocycles. The Morgan fingerprint density at radius 3 is 2.63 bits per heavy atom. The van der Waals surface area contributed by atoms with Crippen molar-refractivity contribution in [3.05, 3.63) is 65.4 Å². The number of hydrogen-bond donors (Lipinski definition) is 2. The lowest BCUT2D eigenvalue weighted by Crippen LogP contribution is -2.64. The Balaban J connectivity index is 1.15. The fraction of sp³-hybridized carbons (Fsp3) is 0.522. The number of carbonyl (C=O) groups excluding carboxylic acids is 5. The first-order chi connectivity index (χ1) is 30.0. The third kappa shape index (κ3) is 8.26. The number of nitrogens with zero attached hydrogens (tertiary/aromatic N) is 7. The molecule has 0 aliphatic carbocycles. The summed E-state index contributed by atoms with van der Waals surface area (Å²) >= 11 is 1.16. The summed E-state index contributed by atoms with van der Waals surface area (Å²) < 4.78 is 18.8. The van der Waals surface area contributed by atoms with Crippen molar-refractivity contribution in [2.24, 2.45) is 23.8 Å². The Bertz CT molecular complexity index is 2470. The van der Waals surface area contributed by atoms with Crippen LogP contribution in [0.15, 0.2) is 49.2 Å². The van der Waals surface area contributed by atoms with Gasteiger partial charge in [0, 0.05) is 80.4 Å². The molecule has 7 heterocycles. The molecule has 4 atom stereocenters. The third-order valence-corrected chi connectivity index (χ3v) is 13.8. The third-order valence-electron chi connectivity index (χ3n) is 13.1. The Kier molecular flexibility index (Phi) is 12.1. The van der Waals surface area contributed by atoms with Crippen LogP contribution in [0.2, 0.25) is 0 Å². The Labute approximate surface area is 371 Å². The zero-order valence-electron chi connectivity index (χ0n) is 37.1. The molecule has 4 aromatic rings. The van der Waals surface area contributed by atoms with Crippen LogP contribution in [0.25, 0.3) is 33.5 Å². The summed E-state index contributed by atoms with van der Waals surface area (Å²) in [6.45, 7) is 14.8. The van der Waals surface area contributed by atoms with Crippen LogP contribution in [0.3, 0.4) is 0 Å². The van der Waals surface area contributed by atoms with Crippen molar-refractivity contribution in [3.8, 4) is 22.6 Å². The predicted octanol–water partition coefficient (Wildman–Crippen LogP) is 4.39. The average Bonchev–Trinajstić information content (AvgIpc) is 3.94. The maximum Gasteiger partial charge on any atom is 0.324 e. The molecule has 4 aliphatic rings. The van der Waals surface area contributed by atoms with Gasteiger partial charge in [0.05, 0.1) is 29.5 Å². The summed E-state index contributed by atoms with van der Waals surface area (Å²) in [5.41, 5.74) is 7.43. The number of carbonyl (C=O) groups is 5. The predicted molar refractivity (Wildman–Crippen MR) is 237 cm³/mol. The maximum absolute atomic E-state index is 14.6. The number of likely N-dealkylation sites (tertiary alicyclic amines) is 2. The normalized spacial score (nSPS) is 22.2. The van der Waals surface area contributed by atoms with Gasteiger partial charge in [-0.15, -0.1) is 0 Å². The highest BCUT2D eigenvalue weighted by molar-refractivity contribution is 7.05. The van der Waals surface area contributed by atoms with Gasteiger partial charge >= 0.3 is 5.97 Å². The van der Waals surface area contributed by atoms with Gasteiger partial charge in [0.2, 0.25) is 17.7 Å². The highest BCUT2D eigenvalue weighted by Gasteiger charge is 2.57. The fourth-order valence-corrected chi connectivity index (χ4v) is 10.4. The minimum Gasteiger partial charge on any atom is -0.464 e. The number of benzene rings is 1. The number of ether oxygens (including phenoxy) is 2.